The van der Waals surface area contributed by atoms with Crippen LogP contribution in [0.2, 0.25) is 0 Å². The van der Waals surface area contributed by atoms with E-state index in [-0.39, 0.29) is 0 Å². The first kappa shape index (κ1) is 10.9. The lowest BCUT2D eigenvalue weighted by atomic mass is 10.1. The average molecular weight is 256 g/mol. The number of halogens is 1. The molecule has 0 aliphatic rings. The van der Waals surface area contributed by atoms with Gasteiger partial charge in [0.2, 0.25) is 0 Å². The van der Waals surface area contributed by atoms with Crippen molar-refractivity contribution in [3.05, 3.63) is 22.2 Å². The Kier molecular flexibility index (Phi) is 3.78. The van der Waals surface area contributed by atoms with Crippen molar-refractivity contribution < 1.29 is 9.47 Å². The van der Waals surface area contributed by atoms with Crippen molar-refractivity contribution in [2.45, 2.75) is 6.42 Å². The van der Waals surface area contributed by atoms with E-state index < -0.39 is 0 Å². The van der Waals surface area contributed by atoms with Gasteiger partial charge in [-0.25, -0.2) is 0 Å². The molecule has 0 bridgehead atoms. The van der Waals surface area contributed by atoms with Crippen molar-refractivity contribution in [3.63, 3.8) is 0 Å². The lowest BCUT2D eigenvalue weighted by Crippen LogP contribution is -1.94. The standard InChI is InChI=1S/C10H10BrNO2/c1-13-8-5-7(3-4-12)10(14-2)9(11)6-8/h5-6H,3H2,1-2H3. The quantitative estimate of drug-likeness (QED) is 0.834. The van der Waals surface area contributed by atoms with E-state index in [1.165, 1.54) is 0 Å². The lowest BCUT2D eigenvalue weighted by molar-refractivity contribution is 0.397. The molecule has 0 spiro atoms. The maximum atomic E-state index is 8.63. The highest BCUT2D eigenvalue weighted by Crippen LogP contribution is 2.33. The minimum absolute atomic E-state index is 0.305. The topological polar surface area (TPSA) is 42.2 Å². The smallest absolute Gasteiger partial charge is 0.137 e. The molecule has 0 heterocycles. The molecular weight excluding hydrogens is 246 g/mol. The van der Waals surface area contributed by atoms with Crippen LogP contribution in [0.5, 0.6) is 11.5 Å². The van der Waals surface area contributed by atoms with E-state index >= 15 is 0 Å². The molecule has 0 aliphatic carbocycles. The van der Waals surface area contributed by atoms with Crippen LogP contribution in [-0.2, 0) is 6.42 Å². The highest BCUT2D eigenvalue weighted by atomic mass is 79.9. The van der Waals surface area contributed by atoms with Gasteiger partial charge >= 0.3 is 0 Å². The predicted octanol–water partition coefficient (Wildman–Crippen LogP) is 2.53. The summed E-state index contributed by atoms with van der Waals surface area (Å²) in [4.78, 5) is 0. The van der Waals surface area contributed by atoms with Crippen LogP contribution in [0.15, 0.2) is 16.6 Å². The summed E-state index contributed by atoms with van der Waals surface area (Å²) in [5, 5.41) is 8.63. The van der Waals surface area contributed by atoms with Gasteiger partial charge < -0.3 is 9.47 Å². The number of rotatable bonds is 3. The molecule has 0 N–H and O–H groups in total. The van der Waals surface area contributed by atoms with Gasteiger partial charge in [-0.05, 0) is 28.1 Å². The summed E-state index contributed by atoms with van der Waals surface area (Å²) < 4.78 is 11.1. The van der Waals surface area contributed by atoms with Gasteiger partial charge in [-0.3, -0.25) is 0 Å². The number of nitriles is 1. The third-order valence-corrected chi connectivity index (χ3v) is 2.39. The van der Waals surface area contributed by atoms with Gasteiger partial charge in [0.1, 0.15) is 11.5 Å². The lowest BCUT2D eigenvalue weighted by Gasteiger charge is -2.10. The molecule has 0 amide bonds. The molecule has 0 saturated carbocycles. The summed E-state index contributed by atoms with van der Waals surface area (Å²) in [5.41, 5.74) is 0.821. The fourth-order valence-corrected chi connectivity index (χ4v) is 1.83. The van der Waals surface area contributed by atoms with Crippen LogP contribution in [0.4, 0.5) is 0 Å². The van der Waals surface area contributed by atoms with Gasteiger partial charge in [0.15, 0.2) is 0 Å². The van der Waals surface area contributed by atoms with E-state index in [4.69, 9.17) is 14.7 Å². The second kappa shape index (κ2) is 4.87. The Morgan fingerprint density at radius 2 is 2.07 bits per heavy atom. The van der Waals surface area contributed by atoms with Crippen molar-refractivity contribution >= 4 is 15.9 Å². The summed E-state index contributed by atoms with van der Waals surface area (Å²) in [7, 11) is 3.16. The molecule has 74 valence electrons. The summed E-state index contributed by atoms with van der Waals surface area (Å²) in [6.07, 6.45) is 0.305. The molecule has 0 saturated heterocycles. The minimum atomic E-state index is 0.305. The van der Waals surface area contributed by atoms with Gasteiger partial charge in [-0.15, -0.1) is 0 Å². The zero-order valence-electron chi connectivity index (χ0n) is 8.00. The molecule has 0 aliphatic heterocycles. The number of nitrogens with zero attached hydrogens (tertiary/aromatic N) is 1. The van der Waals surface area contributed by atoms with Crippen molar-refractivity contribution in [1.29, 1.82) is 5.26 Å². The van der Waals surface area contributed by atoms with Crippen LogP contribution < -0.4 is 9.47 Å². The molecule has 3 nitrogen and oxygen atoms in total. The summed E-state index contributed by atoms with van der Waals surface area (Å²) in [6, 6.07) is 5.68. The number of hydrogen-bond donors (Lipinski definition) is 0. The van der Waals surface area contributed by atoms with Crippen molar-refractivity contribution in [2.24, 2.45) is 0 Å². The fourth-order valence-electron chi connectivity index (χ4n) is 1.19. The van der Waals surface area contributed by atoms with Crippen LogP contribution in [0.25, 0.3) is 0 Å². The first-order valence-electron chi connectivity index (χ1n) is 4.00. The first-order valence-corrected chi connectivity index (χ1v) is 4.79. The van der Waals surface area contributed by atoms with E-state index in [0.29, 0.717) is 17.9 Å². The van der Waals surface area contributed by atoms with E-state index in [0.717, 1.165) is 10.0 Å². The number of hydrogen-bond acceptors (Lipinski definition) is 3. The Balaban J connectivity index is 3.22. The maximum absolute atomic E-state index is 8.63. The van der Waals surface area contributed by atoms with E-state index in [2.05, 4.69) is 22.0 Å². The summed E-state index contributed by atoms with van der Waals surface area (Å²) in [5.74, 6) is 1.40. The molecule has 0 radical (unpaired) electrons. The average Bonchev–Trinajstić information content (AvgIpc) is 2.18. The largest absolute Gasteiger partial charge is 0.497 e. The van der Waals surface area contributed by atoms with Gasteiger partial charge in [0, 0.05) is 5.56 Å². The molecule has 1 aromatic rings. The van der Waals surface area contributed by atoms with Crippen LogP contribution >= 0.6 is 15.9 Å². The molecule has 4 heteroatoms. The SMILES string of the molecule is COc1cc(Br)c(OC)c(CC#N)c1. The summed E-state index contributed by atoms with van der Waals surface area (Å²) in [6.45, 7) is 0. The van der Waals surface area contributed by atoms with Crippen molar-refractivity contribution in [3.8, 4) is 17.6 Å². The number of benzene rings is 1. The summed E-state index contributed by atoms with van der Waals surface area (Å²) >= 11 is 3.35. The molecular formula is C10H10BrNO2. The Morgan fingerprint density at radius 3 is 2.57 bits per heavy atom. The second-order valence-corrected chi connectivity index (χ2v) is 3.49. The zero-order chi connectivity index (χ0) is 10.6. The zero-order valence-corrected chi connectivity index (χ0v) is 9.59. The monoisotopic (exact) mass is 255 g/mol. The molecule has 1 aromatic carbocycles. The van der Waals surface area contributed by atoms with Crippen molar-refractivity contribution in [2.75, 3.05) is 14.2 Å². The maximum Gasteiger partial charge on any atom is 0.137 e. The molecule has 0 fully saturated rings. The van der Waals surface area contributed by atoms with Gasteiger partial charge in [0.25, 0.3) is 0 Å². The third-order valence-electron chi connectivity index (χ3n) is 1.80. The fraction of sp³-hybridized carbons (Fsp3) is 0.300. The van der Waals surface area contributed by atoms with Gasteiger partial charge in [0.05, 0.1) is 31.2 Å². The number of methoxy groups -OCH3 is 2. The first-order chi connectivity index (χ1) is 6.72. The molecule has 0 atom stereocenters. The van der Waals surface area contributed by atoms with E-state index in [9.17, 15) is 0 Å². The van der Waals surface area contributed by atoms with Crippen LogP contribution in [-0.4, -0.2) is 14.2 Å². The molecule has 0 aromatic heterocycles. The van der Waals surface area contributed by atoms with Crippen LogP contribution in [0, 0.1) is 11.3 Å². The normalized spacial score (nSPS) is 9.29. The Morgan fingerprint density at radius 1 is 1.36 bits per heavy atom. The second-order valence-electron chi connectivity index (χ2n) is 2.64. The molecule has 1 rings (SSSR count). The minimum Gasteiger partial charge on any atom is -0.497 e. The van der Waals surface area contributed by atoms with Crippen LogP contribution in [0.1, 0.15) is 5.56 Å². The Hall–Kier alpha value is -1.21. The highest BCUT2D eigenvalue weighted by Gasteiger charge is 2.09. The van der Waals surface area contributed by atoms with Gasteiger partial charge in [-0.2, -0.15) is 5.26 Å². The van der Waals surface area contributed by atoms with E-state index in [1.54, 1.807) is 26.4 Å². The van der Waals surface area contributed by atoms with Crippen LogP contribution in [0.3, 0.4) is 0 Å². The predicted molar refractivity (Wildman–Crippen MR) is 56.6 cm³/mol. The van der Waals surface area contributed by atoms with Crippen molar-refractivity contribution in [1.82, 2.24) is 0 Å². The Labute approximate surface area is 91.4 Å². The van der Waals surface area contributed by atoms with E-state index in [1.807, 2.05) is 0 Å². The molecule has 0 unspecified atom stereocenters. The Bertz CT molecular complexity index is 371. The third kappa shape index (κ3) is 2.18. The highest BCUT2D eigenvalue weighted by molar-refractivity contribution is 9.10. The van der Waals surface area contributed by atoms with Gasteiger partial charge in [-0.1, -0.05) is 0 Å². The molecule has 14 heavy (non-hydrogen) atoms. The number of ether oxygens (including phenoxy) is 2.